The molecule has 0 spiro atoms. The van der Waals surface area contributed by atoms with Gasteiger partial charge in [-0.15, -0.1) is 0 Å². The van der Waals surface area contributed by atoms with Gasteiger partial charge >= 0.3 is 6.18 Å². The lowest BCUT2D eigenvalue weighted by Gasteiger charge is -2.14. The van der Waals surface area contributed by atoms with Gasteiger partial charge in [0.1, 0.15) is 69.4 Å². The van der Waals surface area contributed by atoms with Crippen LogP contribution in [0.2, 0.25) is 0 Å². The molecule has 10 aromatic carbocycles. The molecule has 0 N–H and O–H groups in total. The number of aryl methyl sites for hydroxylation is 12. The molecular weight excluding hydrogens is 1560 g/mol. The minimum atomic E-state index is -4.57. The molecule has 0 fully saturated rings. The molecule has 15 aromatic rings. The van der Waals surface area contributed by atoms with Gasteiger partial charge in [-0.25, -0.2) is 106 Å². The molecule has 0 saturated carbocycles. The summed E-state index contributed by atoms with van der Waals surface area (Å²) in [6.45, 7) is 18.5. The number of alkyl halides is 3. The largest absolute Gasteiger partial charge is 0.421 e. The summed E-state index contributed by atoms with van der Waals surface area (Å²) in [6, 6.07) is 10.8. The van der Waals surface area contributed by atoms with E-state index in [1.54, 1.807) is 64.0 Å². The first-order chi connectivity index (χ1) is 53.9. The molecule has 5 heterocycles. The van der Waals surface area contributed by atoms with E-state index in [0.29, 0.717) is 46.0 Å². The molecule has 0 aliphatic heterocycles. The number of aromatic nitrogens is 10. The third-order valence-corrected chi connectivity index (χ3v) is 20.6. The summed E-state index contributed by atoms with van der Waals surface area (Å²) < 4.78 is 329. The van der Waals surface area contributed by atoms with Crippen molar-refractivity contribution in [2.24, 2.45) is 35.2 Å². The van der Waals surface area contributed by atoms with Crippen LogP contribution in [-0.2, 0) is 73.5 Å². The highest BCUT2D eigenvalue weighted by Gasteiger charge is 2.41. The van der Waals surface area contributed by atoms with Gasteiger partial charge in [0, 0.05) is 69.0 Å². The maximum absolute atomic E-state index is 14.7. The van der Waals surface area contributed by atoms with E-state index in [1.807, 2.05) is 45.4 Å². The molecule has 0 bridgehead atoms. The first-order valence-corrected chi connectivity index (χ1v) is 35.2. The molecule has 33 heteroatoms. The van der Waals surface area contributed by atoms with Crippen molar-refractivity contribution in [2.75, 3.05) is 0 Å². The lowest BCUT2D eigenvalue weighted by Crippen LogP contribution is -2.39. The summed E-state index contributed by atoms with van der Waals surface area (Å²) in [6.07, 6.45) is -2.24. The smallest absolute Gasteiger partial charge is 0.239 e. The molecular formula is C82H66F23N10+5. The second kappa shape index (κ2) is 31.4. The third kappa shape index (κ3) is 13.8. The van der Waals surface area contributed by atoms with E-state index in [1.165, 1.54) is 61.3 Å². The summed E-state index contributed by atoms with van der Waals surface area (Å²) in [5, 5.41) is -0.597. The van der Waals surface area contributed by atoms with Crippen molar-refractivity contribution in [3.63, 3.8) is 0 Å². The van der Waals surface area contributed by atoms with E-state index in [-0.39, 0.29) is 96.4 Å². The topological polar surface area (TPSA) is 83.8 Å². The summed E-state index contributed by atoms with van der Waals surface area (Å²) >= 11 is 0. The van der Waals surface area contributed by atoms with Crippen LogP contribution in [0.4, 0.5) is 101 Å². The molecule has 0 radical (unpaired) electrons. The molecule has 5 aromatic heterocycles. The van der Waals surface area contributed by atoms with Crippen LogP contribution in [0, 0.1) is 158 Å². The number of hydrogen-bond acceptors (Lipinski definition) is 5. The van der Waals surface area contributed by atoms with Gasteiger partial charge in [0.25, 0.3) is 17.5 Å². The number of fused-ring (bicyclic) bond motifs is 13. The van der Waals surface area contributed by atoms with Crippen LogP contribution in [0.1, 0.15) is 103 Å². The summed E-state index contributed by atoms with van der Waals surface area (Å²) in [5.41, 5.74) is 2.65. The predicted molar refractivity (Wildman–Crippen MR) is 382 cm³/mol. The second-order valence-electron chi connectivity index (χ2n) is 27.0. The molecule has 600 valence electrons. The Labute approximate surface area is 638 Å². The monoisotopic (exact) mass is 1630 g/mol. The van der Waals surface area contributed by atoms with Crippen molar-refractivity contribution in [1.29, 1.82) is 0 Å². The fourth-order valence-electron chi connectivity index (χ4n) is 15.0. The Morgan fingerprint density at radius 1 is 0.287 bits per heavy atom. The first kappa shape index (κ1) is 84.5. The quantitative estimate of drug-likeness (QED) is 0.0428. The van der Waals surface area contributed by atoms with Gasteiger partial charge < -0.3 is 0 Å². The lowest BCUT2D eigenvalue weighted by molar-refractivity contribution is -0.736. The summed E-state index contributed by atoms with van der Waals surface area (Å²) in [5.74, 6) is -31.0. The van der Waals surface area contributed by atoms with Gasteiger partial charge in [0.2, 0.25) is 27.9 Å². The Bertz CT molecular complexity index is 6710. The molecule has 0 atom stereocenters. The minimum Gasteiger partial charge on any atom is -0.239 e. The first-order valence-electron chi connectivity index (χ1n) is 35.2. The van der Waals surface area contributed by atoms with Crippen LogP contribution >= 0.6 is 0 Å². The molecule has 0 saturated heterocycles. The third-order valence-electron chi connectivity index (χ3n) is 20.6. The van der Waals surface area contributed by atoms with E-state index in [9.17, 15) is 101 Å². The Hall–Kier alpha value is -11.4. The van der Waals surface area contributed by atoms with Gasteiger partial charge in [-0.05, 0) is 99.4 Å². The Balaban J connectivity index is 0.000000142. The number of benzene rings is 10. The van der Waals surface area contributed by atoms with Gasteiger partial charge in [-0.3, -0.25) is 0 Å². The van der Waals surface area contributed by atoms with Gasteiger partial charge in [0.05, 0.1) is 69.8 Å². The van der Waals surface area contributed by atoms with E-state index >= 15 is 0 Å². The molecule has 15 rings (SSSR count). The molecule has 0 aliphatic carbocycles. The van der Waals surface area contributed by atoms with Crippen LogP contribution in [0.15, 0.2) is 48.5 Å². The number of rotatable bonds is 5. The van der Waals surface area contributed by atoms with Crippen molar-refractivity contribution >= 4 is 108 Å². The highest BCUT2D eigenvalue weighted by atomic mass is 19.4. The number of hydrogen-bond donors (Lipinski definition) is 0. The fourth-order valence-corrected chi connectivity index (χ4v) is 15.0. The number of halogens is 23. The molecule has 0 amide bonds. The zero-order chi connectivity index (χ0) is 85.1. The maximum Gasteiger partial charge on any atom is 0.421 e. The SMILES string of the molecule is CCc1c(C)nc2c3c(F)c(F)c(F)c(F)c3c(F)c(C)c2[n+]1C.CCc1c2c(F)c(F)c3c(F)c(F)c(F)c(F)c3c2c(C)n[n+]1C.CCc1c2c(F)c(F)c3c(F)c(F)c(F)c(F)c3c2nc(C)[n+]1C.CCc1c2cc3cc(F)ccc3c(C(F)(F)F)c2nc(C)[n+]1C.CCc1c2cc3cc(F)ccc3c(F)c2nc(C)[n+]1C. The van der Waals surface area contributed by atoms with Gasteiger partial charge in [-0.1, -0.05) is 45.4 Å². The van der Waals surface area contributed by atoms with Crippen LogP contribution < -0.4 is 23.0 Å². The Kier molecular flexibility index (Phi) is 23.1. The molecule has 115 heavy (non-hydrogen) atoms. The second-order valence-corrected chi connectivity index (χ2v) is 27.0. The Morgan fingerprint density at radius 3 is 1.10 bits per heavy atom. The predicted octanol–water partition coefficient (Wildman–Crippen LogP) is 19.5. The highest BCUT2D eigenvalue weighted by Crippen LogP contribution is 2.44. The maximum atomic E-state index is 14.7. The van der Waals surface area contributed by atoms with Gasteiger partial charge in [-0.2, -0.15) is 17.7 Å². The van der Waals surface area contributed by atoms with Crippen molar-refractivity contribution in [3.05, 3.63) is 233 Å². The number of nitrogens with zero attached hydrogens (tertiary/aromatic N) is 10. The molecule has 0 aliphatic rings. The average Bonchev–Trinajstić information content (AvgIpc) is 0.728. The lowest BCUT2D eigenvalue weighted by atomic mass is 9.97. The zero-order valence-corrected chi connectivity index (χ0v) is 63.8. The molecule has 0 unspecified atom stereocenters. The summed E-state index contributed by atoms with van der Waals surface area (Å²) in [7, 11) is 8.35. The normalized spacial score (nSPS) is 11.8. The Morgan fingerprint density at radius 2 is 0.643 bits per heavy atom. The van der Waals surface area contributed by atoms with Crippen molar-refractivity contribution in [1.82, 2.24) is 25.0 Å². The van der Waals surface area contributed by atoms with E-state index in [0.717, 1.165) is 46.8 Å². The van der Waals surface area contributed by atoms with E-state index in [4.69, 9.17) is 0 Å². The van der Waals surface area contributed by atoms with Crippen LogP contribution in [0.5, 0.6) is 0 Å². The zero-order valence-electron chi connectivity index (χ0n) is 63.8. The van der Waals surface area contributed by atoms with Crippen molar-refractivity contribution < 1.29 is 124 Å². The van der Waals surface area contributed by atoms with Crippen LogP contribution in [0.25, 0.3) is 108 Å². The minimum absolute atomic E-state index is 0.00786. The van der Waals surface area contributed by atoms with Crippen LogP contribution in [0.3, 0.4) is 0 Å². The van der Waals surface area contributed by atoms with Crippen molar-refractivity contribution in [2.45, 2.75) is 114 Å². The van der Waals surface area contributed by atoms with Gasteiger partial charge in [0.15, 0.2) is 111 Å². The van der Waals surface area contributed by atoms with E-state index < -0.39 is 154 Å². The standard InChI is InChI=1S/C17H14F5N2.C17H15F4N2.2C16H11F6N2.C16H15F2N2/c1-5-8-7(3)23-16-10-9(11(18)6(2)17(16)24(8)4)12(19)14(21)15(22)13(10)20;1-4-14-13-8-10-7-11(18)5-6-12(10)15(17(19,20)21)16(13)22-9(2)23(14)3;1-4-6-7-10(17)11(18)8-9(16(7)23-5(2)24(6)3)13(20)15(22)14(21)12(8)19;1-4-6-8-7(5(2)23-24(6)3)9-10(13(19)11(8)17)14(20)16(22)15(21)12(9)18;1-4-14-13-8-10-7-11(17)5-6-12(10)15(18)16(13)19-9(2)20(14)3/h5H2,1-4H3;5-8H,4H2,1-3H3;2*4H2,1-3H3;5-8H,4H2,1-3H3/q5*+1. The summed E-state index contributed by atoms with van der Waals surface area (Å²) in [4.78, 5) is 16.7. The highest BCUT2D eigenvalue weighted by molar-refractivity contribution is 6.11. The molecule has 10 nitrogen and oxygen atoms in total. The average molecular weight is 1630 g/mol. The van der Waals surface area contributed by atoms with E-state index in [2.05, 4.69) is 25.0 Å². The van der Waals surface area contributed by atoms with Crippen LogP contribution in [-0.4, -0.2) is 25.0 Å². The fraction of sp³-hybridized carbons (Fsp3) is 0.268. The van der Waals surface area contributed by atoms with Crippen molar-refractivity contribution in [3.8, 4) is 0 Å².